The maximum absolute atomic E-state index is 14.0. The van der Waals surface area contributed by atoms with Crippen molar-refractivity contribution in [1.29, 1.82) is 0 Å². The Hall–Kier alpha value is -3.72. The van der Waals surface area contributed by atoms with Crippen molar-refractivity contribution in [2.45, 2.75) is 57.7 Å². The van der Waals surface area contributed by atoms with Gasteiger partial charge in [0.25, 0.3) is 11.8 Å². The Labute approximate surface area is 214 Å². The molecule has 3 amide bonds. The number of rotatable bonds is 8. The van der Waals surface area contributed by atoms with Gasteiger partial charge in [-0.1, -0.05) is 79.4 Å². The number of hydrogen-bond donors (Lipinski definition) is 3. The van der Waals surface area contributed by atoms with Gasteiger partial charge in [0, 0.05) is 12.6 Å². The second-order valence-electron chi connectivity index (χ2n) is 9.21. The van der Waals surface area contributed by atoms with Crippen LogP contribution >= 0.6 is 11.5 Å². The average Bonchev–Trinajstić information content (AvgIpc) is 3.27. The number of hydrogen-bond acceptors (Lipinski definition) is 6. The van der Waals surface area contributed by atoms with Crippen molar-refractivity contribution in [2.75, 3.05) is 5.73 Å². The molecule has 1 atom stereocenters. The van der Waals surface area contributed by atoms with E-state index < -0.39 is 17.9 Å². The number of nitrogens with one attached hydrogen (secondary N) is 1. The van der Waals surface area contributed by atoms with Gasteiger partial charge in [0.1, 0.15) is 10.9 Å². The lowest BCUT2D eigenvalue weighted by Gasteiger charge is -2.33. The third-order valence-corrected chi connectivity index (χ3v) is 7.37. The molecule has 4 rings (SSSR count). The number of nitrogens with two attached hydrogens (primary N) is 2. The van der Waals surface area contributed by atoms with E-state index in [9.17, 15) is 14.4 Å². The Balaban J connectivity index is 1.77. The first-order valence-corrected chi connectivity index (χ1v) is 12.9. The number of nitrogens with zero attached hydrogens (tertiary/aromatic N) is 2. The van der Waals surface area contributed by atoms with Crippen LogP contribution in [-0.4, -0.2) is 33.0 Å². The Morgan fingerprint density at radius 2 is 1.72 bits per heavy atom. The number of primary amides is 1. The Morgan fingerprint density at radius 1 is 1.06 bits per heavy atom. The van der Waals surface area contributed by atoms with Gasteiger partial charge >= 0.3 is 0 Å². The van der Waals surface area contributed by atoms with Gasteiger partial charge in [-0.2, -0.15) is 4.37 Å². The number of carbonyl (C=O) groups is 3. The van der Waals surface area contributed by atoms with Gasteiger partial charge in [-0.05, 0) is 42.4 Å². The quantitative estimate of drug-likeness (QED) is 0.426. The third-order valence-electron chi connectivity index (χ3n) is 6.52. The molecule has 1 saturated carbocycles. The van der Waals surface area contributed by atoms with Crippen LogP contribution in [0, 0.1) is 6.92 Å². The molecule has 0 aliphatic heterocycles. The zero-order valence-corrected chi connectivity index (χ0v) is 21.1. The molecule has 0 unspecified atom stereocenters. The summed E-state index contributed by atoms with van der Waals surface area (Å²) < 4.78 is 4.00. The zero-order chi connectivity index (χ0) is 25.7. The molecule has 1 fully saturated rings. The number of amides is 3. The number of carbonyl (C=O) groups excluding carboxylic acids is 3. The molecule has 9 heteroatoms. The maximum atomic E-state index is 14.0. The van der Waals surface area contributed by atoms with Crippen LogP contribution in [0.1, 0.15) is 75.0 Å². The minimum atomic E-state index is -0.904. The Bertz CT molecular complexity index is 1220. The van der Waals surface area contributed by atoms with Crippen LogP contribution < -0.4 is 16.8 Å². The summed E-state index contributed by atoms with van der Waals surface area (Å²) in [5, 5.41) is 3.19. The molecule has 188 valence electrons. The summed E-state index contributed by atoms with van der Waals surface area (Å²) in [5.74, 6) is -1.53. The predicted octanol–water partition coefficient (Wildman–Crippen LogP) is 3.97. The summed E-state index contributed by atoms with van der Waals surface area (Å²) in [4.78, 5) is 41.1. The largest absolute Gasteiger partial charge is 0.395 e. The van der Waals surface area contributed by atoms with Crippen molar-refractivity contribution in [3.63, 3.8) is 0 Å². The molecule has 0 saturated heterocycles. The van der Waals surface area contributed by atoms with Crippen LogP contribution in [0.2, 0.25) is 0 Å². The molecule has 36 heavy (non-hydrogen) atoms. The summed E-state index contributed by atoms with van der Waals surface area (Å²) in [6, 6.07) is 16.2. The predicted molar refractivity (Wildman–Crippen MR) is 140 cm³/mol. The molecule has 1 aliphatic rings. The lowest BCUT2D eigenvalue weighted by Crippen LogP contribution is -2.46. The van der Waals surface area contributed by atoms with Gasteiger partial charge in [0.15, 0.2) is 5.69 Å². The summed E-state index contributed by atoms with van der Waals surface area (Å²) >= 11 is 0.815. The first-order chi connectivity index (χ1) is 17.3. The van der Waals surface area contributed by atoms with Crippen LogP contribution in [0.5, 0.6) is 0 Å². The van der Waals surface area contributed by atoms with E-state index in [2.05, 4.69) is 9.69 Å². The van der Waals surface area contributed by atoms with E-state index >= 15 is 0 Å². The first-order valence-electron chi connectivity index (χ1n) is 12.1. The molecule has 0 radical (unpaired) electrons. The molecule has 5 N–H and O–H groups in total. The van der Waals surface area contributed by atoms with Gasteiger partial charge in [0.05, 0.1) is 5.69 Å². The minimum absolute atomic E-state index is 0.0640. The number of benzene rings is 2. The maximum Gasteiger partial charge on any atom is 0.270 e. The number of aromatic nitrogens is 1. The topological polar surface area (TPSA) is 131 Å². The monoisotopic (exact) mass is 505 g/mol. The number of aryl methyl sites for hydroxylation is 1. The smallest absolute Gasteiger partial charge is 0.270 e. The van der Waals surface area contributed by atoms with E-state index in [0.717, 1.165) is 48.3 Å². The highest BCUT2D eigenvalue weighted by molar-refractivity contribution is 7.09. The Kier molecular flexibility index (Phi) is 8.00. The average molecular weight is 506 g/mol. The molecule has 0 bridgehead atoms. The molecule has 1 aromatic heterocycles. The van der Waals surface area contributed by atoms with Gasteiger partial charge in [0.2, 0.25) is 5.91 Å². The third kappa shape index (κ3) is 5.73. The van der Waals surface area contributed by atoms with Crippen LogP contribution in [0.15, 0.2) is 54.6 Å². The fourth-order valence-electron chi connectivity index (χ4n) is 4.57. The molecule has 0 spiro atoms. The normalized spacial score (nSPS) is 14.7. The van der Waals surface area contributed by atoms with Gasteiger partial charge in [-0.25, -0.2) is 0 Å². The molecule has 2 aromatic carbocycles. The molecule has 1 aliphatic carbocycles. The highest BCUT2D eigenvalue weighted by Crippen LogP contribution is 2.31. The number of anilines is 1. The van der Waals surface area contributed by atoms with Gasteiger partial charge in [-0.15, -0.1) is 0 Å². The lowest BCUT2D eigenvalue weighted by atomic mass is 9.94. The molecule has 1 heterocycles. The van der Waals surface area contributed by atoms with Crippen molar-refractivity contribution >= 4 is 34.9 Å². The van der Waals surface area contributed by atoms with E-state index in [0.29, 0.717) is 5.56 Å². The second-order valence-corrected chi connectivity index (χ2v) is 9.99. The summed E-state index contributed by atoms with van der Waals surface area (Å²) in [6.45, 7) is 2.14. The SMILES string of the molecule is Cc1ccc([C@H](C(=O)NC2CCCCC2)N(Cc2ccccc2)C(=O)c2snc(C(N)=O)c2N)cc1. The summed E-state index contributed by atoms with van der Waals surface area (Å²) in [5.41, 5.74) is 13.9. The van der Waals surface area contributed by atoms with Crippen molar-refractivity contribution in [3.8, 4) is 0 Å². The second kappa shape index (κ2) is 11.3. The van der Waals surface area contributed by atoms with E-state index in [1.807, 2.05) is 61.5 Å². The number of nitrogen functional groups attached to an aromatic ring is 1. The van der Waals surface area contributed by atoms with Gasteiger partial charge < -0.3 is 21.7 Å². The van der Waals surface area contributed by atoms with Crippen LogP contribution in [0.25, 0.3) is 0 Å². The fourth-order valence-corrected chi connectivity index (χ4v) is 5.33. The standard InChI is InChI=1S/C27H31N5O3S/c1-17-12-14-19(15-13-17)23(26(34)30-20-10-6-3-7-11-20)32(16-18-8-4-2-5-9-18)27(35)24-21(28)22(25(29)33)31-36-24/h2,4-5,8-9,12-15,20,23H,3,6-7,10-11,16,28H2,1H3,(H2,29,33)(H,30,34)/t23-/m1/s1. The van der Waals surface area contributed by atoms with Gasteiger partial charge in [-0.3, -0.25) is 14.4 Å². The molecular weight excluding hydrogens is 474 g/mol. The van der Waals surface area contributed by atoms with Crippen molar-refractivity contribution in [2.24, 2.45) is 5.73 Å². The molecular formula is C27H31N5O3S. The van der Waals surface area contributed by atoms with E-state index in [1.165, 1.54) is 11.3 Å². The lowest BCUT2D eigenvalue weighted by molar-refractivity contribution is -0.127. The zero-order valence-electron chi connectivity index (χ0n) is 20.3. The van der Waals surface area contributed by atoms with Crippen molar-refractivity contribution in [3.05, 3.63) is 81.9 Å². The fraction of sp³-hybridized carbons (Fsp3) is 0.333. The molecule has 8 nitrogen and oxygen atoms in total. The van der Waals surface area contributed by atoms with E-state index in [-0.39, 0.29) is 34.8 Å². The van der Waals surface area contributed by atoms with Crippen molar-refractivity contribution in [1.82, 2.24) is 14.6 Å². The summed E-state index contributed by atoms with van der Waals surface area (Å²) in [6.07, 6.45) is 5.14. The van der Waals surface area contributed by atoms with Crippen LogP contribution in [0.4, 0.5) is 5.69 Å². The van der Waals surface area contributed by atoms with Crippen LogP contribution in [-0.2, 0) is 11.3 Å². The van der Waals surface area contributed by atoms with Crippen LogP contribution in [0.3, 0.4) is 0 Å². The highest BCUT2D eigenvalue weighted by Gasteiger charge is 2.35. The highest BCUT2D eigenvalue weighted by atomic mass is 32.1. The summed E-state index contributed by atoms with van der Waals surface area (Å²) in [7, 11) is 0. The Morgan fingerprint density at radius 3 is 2.33 bits per heavy atom. The minimum Gasteiger partial charge on any atom is -0.395 e. The van der Waals surface area contributed by atoms with Crippen molar-refractivity contribution < 1.29 is 14.4 Å². The molecule has 3 aromatic rings. The van der Waals surface area contributed by atoms with E-state index in [4.69, 9.17) is 11.5 Å². The van der Waals surface area contributed by atoms with E-state index in [1.54, 1.807) is 0 Å². The first kappa shape index (κ1) is 25.4.